The maximum absolute atomic E-state index is 10.9. The first-order valence-electron chi connectivity index (χ1n) is 5.47. The zero-order chi connectivity index (χ0) is 15.6. The second-order valence-electron chi connectivity index (χ2n) is 3.89. The lowest BCUT2D eigenvalue weighted by Crippen LogP contribution is -1.98. The van der Waals surface area contributed by atoms with Crippen LogP contribution in [0, 0.1) is 10.1 Å². The van der Waals surface area contributed by atoms with Crippen LogP contribution in [0.4, 0.5) is 5.69 Å². The molecule has 21 heavy (non-hydrogen) atoms. The molecular weight excluding hydrogens is 322 g/mol. The smallest absolute Gasteiger partial charge is 0.313 e. The van der Waals surface area contributed by atoms with Gasteiger partial charge in [0.1, 0.15) is 5.75 Å². The number of rotatable bonds is 4. The molecule has 0 unspecified atom stereocenters. The molecule has 0 aliphatic heterocycles. The molecule has 0 fully saturated rings. The summed E-state index contributed by atoms with van der Waals surface area (Å²) in [6.45, 7) is 0. The molecule has 1 N–H and O–H groups in total. The number of benzene rings is 2. The third-order valence-electron chi connectivity index (χ3n) is 2.48. The molecule has 2 aromatic carbocycles. The maximum Gasteiger partial charge on any atom is 0.313 e. The summed E-state index contributed by atoms with van der Waals surface area (Å²) in [7, 11) is -4.31. The van der Waals surface area contributed by atoms with Crippen molar-refractivity contribution < 1.29 is 22.6 Å². The number of hydrogen-bond acceptors (Lipinski definition) is 5. The number of nitrogens with zero attached hydrogens (tertiary/aromatic N) is 1. The highest BCUT2D eigenvalue weighted by Crippen LogP contribution is 2.37. The summed E-state index contributed by atoms with van der Waals surface area (Å²) in [5.41, 5.74) is -0.318. The van der Waals surface area contributed by atoms with E-state index in [2.05, 4.69) is 0 Å². The molecule has 0 saturated heterocycles. The average Bonchev–Trinajstić information content (AvgIpc) is 2.40. The minimum absolute atomic E-state index is 0.0445. The number of ether oxygens (including phenoxy) is 1. The summed E-state index contributed by atoms with van der Waals surface area (Å²) in [5.74, 6) is -0.0117. The van der Waals surface area contributed by atoms with Crippen molar-refractivity contribution in [2.45, 2.75) is 4.90 Å². The van der Waals surface area contributed by atoms with Gasteiger partial charge in [0.25, 0.3) is 10.1 Å². The number of para-hydroxylation sites is 1. The molecule has 0 atom stereocenters. The van der Waals surface area contributed by atoms with E-state index in [9.17, 15) is 18.5 Å². The Kier molecular flexibility index (Phi) is 4.12. The Morgan fingerprint density at radius 3 is 2.29 bits per heavy atom. The molecule has 9 heteroatoms. The topological polar surface area (TPSA) is 107 Å². The monoisotopic (exact) mass is 329 g/mol. The minimum atomic E-state index is -4.31. The van der Waals surface area contributed by atoms with Crippen molar-refractivity contribution in [3.63, 3.8) is 0 Å². The van der Waals surface area contributed by atoms with E-state index in [4.69, 9.17) is 20.9 Å². The molecule has 0 amide bonds. The van der Waals surface area contributed by atoms with Crippen molar-refractivity contribution in [3.8, 4) is 11.5 Å². The van der Waals surface area contributed by atoms with Gasteiger partial charge in [-0.05, 0) is 30.3 Å². The third-order valence-corrected chi connectivity index (χ3v) is 3.65. The van der Waals surface area contributed by atoms with Gasteiger partial charge in [0.05, 0.1) is 14.8 Å². The normalized spacial score (nSPS) is 11.1. The fourth-order valence-electron chi connectivity index (χ4n) is 1.54. The van der Waals surface area contributed by atoms with Gasteiger partial charge in [-0.1, -0.05) is 17.7 Å². The second kappa shape index (κ2) is 5.68. The highest BCUT2D eigenvalue weighted by molar-refractivity contribution is 7.85. The lowest BCUT2D eigenvalue weighted by Gasteiger charge is -2.08. The molecule has 0 heterocycles. The van der Waals surface area contributed by atoms with Crippen LogP contribution in [0.25, 0.3) is 0 Å². The SMILES string of the molecule is O=[N+]([O-])c1cccc(Cl)c1Oc1ccc(S(=O)(=O)O)cc1. The molecule has 0 saturated carbocycles. The van der Waals surface area contributed by atoms with Gasteiger partial charge in [-0.15, -0.1) is 0 Å². The van der Waals surface area contributed by atoms with Crippen LogP contribution in [0.3, 0.4) is 0 Å². The molecule has 2 rings (SSSR count). The van der Waals surface area contributed by atoms with Crippen LogP contribution in [0.15, 0.2) is 47.4 Å². The number of nitro benzene ring substituents is 1. The summed E-state index contributed by atoms with van der Waals surface area (Å²) in [6.07, 6.45) is 0. The molecule has 7 nitrogen and oxygen atoms in total. The molecule has 0 aromatic heterocycles. The van der Waals surface area contributed by atoms with Crippen LogP contribution in [0.2, 0.25) is 5.02 Å². The molecule has 0 bridgehead atoms. The quantitative estimate of drug-likeness (QED) is 0.524. The largest absolute Gasteiger partial charge is 0.449 e. The van der Waals surface area contributed by atoms with Gasteiger partial charge in [0, 0.05) is 6.07 Å². The molecular formula is C12H8ClNO6S. The first-order valence-corrected chi connectivity index (χ1v) is 7.29. The number of nitro groups is 1. The van der Waals surface area contributed by atoms with Crippen LogP contribution < -0.4 is 4.74 Å². The fourth-order valence-corrected chi connectivity index (χ4v) is 2.23. The van der Waals surface area contributed by atoms with E-state index in [1.165, 1.54) is 30.3 Å². The summed E-state index contributed by atoms with van der Waals surface area (Å²) >= 11 is 5.86. The van der Waals surface area contributed by atoms with Crippen molar-refractivity contribution in [1.82, 2.24) is 0 Å². The van der Waals surface area contributed by atoms with E-state index in [1.54, 1.807) is 0 Å². The standard InChI is InChI=1S/C12H8ClNO6S/c13-10-2-1-3-11(14(15)16)12(10)20-8-4-6-9(7-5-8)21(17,18)19/h1-7H,(H,17,18,19). The van der Waals surface area contributed by atoms with E-state index >= 15 is 0 Å². The van der Waals surface area contributed by atoms with Crippen LogP contribution >= 0.6 is 11.6 Å². The van der Waals surface area contributed by atoms with E-state index in [0.29, 0.717) is 0 Å². The summed E-state index contributed by atoms with van der Waals surface area (Å²) in [5, 5.41) is 10.9. The Labute approximate surface area is 124 Å². The van der Waals surface area contributed by atoms with Gasteiger partial charge in [0.2, 0.25) is 5.75 Å². The molecule has 0 aliphatic rings. The predicted molar refractivity (Wildman–Crippen MR) is 74.4 cm³/mol. The maximum atomic E-state index is 10.9. The Morgan fingerprint density at radius 2 is 1.76 bits per heavy atom. The number of halogens is 1. The molecule has 0 aliphatic carbocycles. The predicted octanol–water partition coefficient (Wildman–Crippen LogP) is 3.29. The van der Waals surface area contributed by atoms with Crippen LogP contribution in [0.1, 0.15) is 0 Å². The minimum Gasteiger partial charge on any atom is -0.449 e. The Bertz CT molecular complexity index is 788. The summed E-state index contributed by atoms with van der Waals surface area (Å²) < 4.78 is 36.0. The fraction of sp³-hybridized carbons (Fsp3) is 0. The molecule has 0 radical (unpaired) electrons. The zero-order valence-electron chi connectivity index (χ0n) is 10.3. The number of hydrogen-bond donors (Lipinski definition) is 1. The Hall–Kier alpha value is -2.16. The van der Waals surface area contributed by atoms with Crippen LogP contribution in [0.5, 0.6) is 11.5 Å². The molecule has 110 valence electrons. The average molecular weight is 330 g/mol. The van der Waals surface area contributed by atoms with Crippen molar-refractivity contribution >= 4 is 27.4 Å². The Morgan fingerprint density at radius 1 is 1.14 bits per heavy atom. The van der Waals surface area contributed by atoms with E-state index in [0.717, 1.165) is 12.1 Å². The van der Waals surface area contributed by atoms with Crippen molar-refractivity contribution in [2.75, 3.05) is 0 Å². The highest BCUT2D eigenvalue weighted by Gasteiger charge is 2.19. The van der Waals surface area contributed by atoms with E-state index in [-0.39, 0.29) is 27.1 Å². The van der Waals surface area contributed by atoms with Gasteiger partial charge in [-0.3, -0.25) is 14.7 Å². The van der Waals surface area contributed by atoms with Gasteiger partial charge in [0.15, 0.2) is 0 Å². The second-order valence-corrected chi connectivity index (χ2v) is 5.72. The van der Waals surface area contributed by atoms with Crippen LogP contribution in [-0.2, 0) is 10.1 Å². The molecule has 2 aromatic rings. The summed E-state index contributed by atoms with van der Waals surface area (Å²) in [6, 6.07) is 8.77. The van der Waals surface area contributed by atoms with E-state index in [1.807, 2.05) is 0 Å². The van der Waals surface area contributed by atoms with Gasteiger partial charge in [-0.2, -0.15) is 8.42 Å². The lowest BCUT2D eigenvalue weighted by atomic mass is 10.3. The van der Waals surface area contributed by atoms with Gasteiger partial charge < -0.3 is 4.74 Å². The van der Waals surface area contributed by atoms with Crippen molar-refractivity contribution in [3.05, 3.63) is 57.6 Å². The van der Waals surface area contributed by atoms with E-state index < -0.39 is 15.0 Å². The van der Waals surface area contributed by atoms with Gasteiger partial charge in [-0.25, -0.2) is 0 Å². The third kappa shape index (κ3) is 3.48. The first kappa shape index (κ1) is 15.2. The zero-order valence-corrected chi connectivity index (χ0v) is 11.8. The highest BCUT2D eigenvalue weighted by atomic mass is 35.5. The van der Waals surface area contributed by atoms with Crippen molar-refractivity contribution in [1.29, 1.82) is 0 Å². The Balaban J connectivity index is 2.37. The van der Waals surface area contributed by atoms with Crippen LogP contribution in [-0.4, -0.2) is 17.9 Å². The lowest BCUT2D eigenvalue weighted by molar-refractivity contribution is -0.385. The molecule has 0 spiro atoms. The van der Waals surface area contributed by atoms with Crippen molar-refractivity contribution in [2.24, 2.45) is 0 Å². The van der Waals surface area contributed by atoms with Gasteiger partial charge >= 0.3 is 5.69 Å². The first-order chi connectivity index (χ1) is 9.79. The summed E-state index contributed by atoms with van der Waals surface area (Å²) in [4.78, 5) is 9.94.